The van der Waals surface area contributed by atoms with E-state index in [9.17, 15) is 31.1 Å². The fraction of sp³-hybridized carbons (Fsp3) is 0.357. The second-order valence-electron chi connectivity index (χ2n) is 5.62. The average molecular weight is 355 g/mol. The molecule has 0 heterocycles. The summed E-state index contributed by atoms with van der Waals surface area (Å²) in [6, 6.07) is 0.496. The minimum Gasteiger partial charge on any atom is -0.278 e. The molecule has 0 N–H and O–H groups in total. The van der Waals surface area contributed by atoms with Crippen molar-refractivity contribution < 1.29 is 31.1 Å². The number of halogens is 6. The van der Waals surface area contributed by atoms with Crippen LogP contribution in [-0.2, 0) is 0 Å². The molecule has 23 heavy (non-hydrogen) atoms. The zero-order valence-electron chi connectivity index (χ0n) is 12.5. The third-order valence-electron chi connectivity index (χ3n) is 3.42. The van der Waals surface area contributed by atoms with Crippen molar-refractivity contribution in [1.82, 2.24) is 0 Å². The summed E-state index contributed by atoms with van der Waals surface area (Å²) in [7, 11) is -1.83. The average Bonchev–Trinajstić information content (AvgIpc) is 2.49. The first-order valence-electron chi connectivity index (χ1n) is 6.65. The second kappa shape index (κ2) is 7.20. The molecule has 0 fully saturated rings. The lowest BCUT2D eigenvalue weighted by Crippen LogP contribution is -2.32. The zero-order valence-corrected chi connectivity index (χ0v) is 13.5. The Hall–Kier alpha value is -1.77. The standard InChI is InChI=1S/C14H15F6NOSi/c1-4-23(2,3)7-5-6-21(14(20)22)13-11(18)9(16)8(15)10(17)12(13)19/h4H,1,5-7H2,2-3H3. The van der Waals surface area contributed by atoms with Crippen LogP contribution >= 0.6 is 0 Å². The number of nitrogens with zero attached hydrogens (tertiary/aromatic N) is 1. The molecule has 0 aromatic heterocycles. The highest BCUT2D eigenvalue weighted by molar-refractivity contribution is 6.82. The Balaban J connectivity index is 3.18. The first-order chi connectivity index (χ1) is 10.5. The first-order valence-corrected chi connectivity index (χ1v) is 9.94. The van der Waals surface area contributed by atoms with E-state index >= 15 is 0 Å². The number of hydrogen-bond donors (Lipinski definition) is 0. The Kier molecular flexibility index (Phi) is 6.03. The van der Waals surface area contributed by atoms with Gasteiger partial charge in [-0.05, 0) is 6.42 Å². The maximum atomic E-state index is 13.7. The van der Waals surface area contributed by atoms with Crippen LogP contribution in [0.3, 0.4) is 0 Å². The minimum atomic E-state index is -2.37. The van der Waals surface area contributed by atoms with Crippen molar-refractivity contribution in [2.24, 2.45) is 0 Å². The van der Waals surface area contributed by atoms with Gasteiger partial charge in [-0.1, -0.05) is 19.1 Å². The maximum absolute atomic E-state index is 13.7. The number of hydrogen-bond acceptors (Lipinski definition) is 1. The van der Waals surface area contributed by atoms with E-state index in [-0.39, 0.29) is 11.3 Å². The van der Waals surface area contributed by atoms with Crippen molar-refractivity contribution >= 4 is 19.9 Å². The molecule has 1 aromatic rings. The van der Waals surface area contributed by atoms with Crippen molar-refractivity contribution in [1.29, 1.82) is 0 Å². The quantitative estimate of drug-likeness (QED) is 0.174. The smallest absolute Gasteiger partial charge is 0.278 e. The molecule has 0 atom stereocenters. The summed E-state index contributed by atoms with van der Waals surface area (Å²) >= 11 is 0. The number of benzene rings is 1. The van der Waals surface area contributed by atoms with Crippen LogP contribution in [0.1, 0.15) is 6.42 Å². The molecule has 0 aliphatic rings. The fourth-order valence-electron chi connectivity index (χ4n) is 1.91. The molecule has 1 amide bonds. The molecule has 0 radical (unpaired) electrons. The van der Waals surface area contributed by atoms with Gasteiger partial charge < -0.3 is 0 Å². The Bertz CT molecular complexity index is 605. The molecule has 1 rings (SSSR count). The number of carbonyl (C=O) groups is 1. The summed E-state index contributed by atoms with van der Waals surface area (Å²) in [5, 5.41) is 0. The molecule has 0 spiro atoms. The predicted octanol–water partition coefficient (Wildman–Crippen LogP) is 5.10. The van der Waals surface area contributed by atoms with Crippen LogP contribution in [0.2, 0.25) is 19.1 Å². The summed E-state index contributed by atoms with van der Waals surface area (Å²) in [5.74, 6) is -11.3. The van der Waals surface area contributed by atoms with Gasteiger partial charge in [-0.3, -0.25) is 4.90 Å². The van der Waals surface area contributed by atoms with Crippen LogP contribution in [0.15, 0.2) is 12.3 Å². The molecule has 1 aromatic carbocycles. The van der Waals surface area contributed by atoms with Crippen LogP contribution in [0.4, 0.5) is 36.8 Å². The van der Waals surface area contributed by atoms with E-state index < -0.39 is 55.6 Å². The van der Waals surface area contributed by atoms with Gasteiger partial charge in [0, 0.05) is 6.54 Å². The van der Waals surface area contributed by atoms with Crippen LogP contribution in [0, 0.1) is 29.1 Å². The molecular formula is C14H15F6NOSi. The lowest BCUT2D eigenvalue weighted by Gasteiger charge is -2.23. The molecule has 0 bridgehead atoms. The van der Waals surface area contributed by atoms with Gasteiger partial charge in [0.25, 0.3) is 0 Å². The summed E-state index contributed by atoms with van der Waals surface area (Å²) in [6.07, 6.45) is -2.17. The van der Waals surface area contributed by atoms with Gasteiger partial charge in [-0.25, -0.2) is 26.7 Å². The van der Waals surface area contributed by atoms with Gasteiger partial charge in [0.1, 0.15) is 5.69 Å². The minimum absolute atomic E-state index is 0.0795. The number of amides is 1. The Labute approximate surface area is 130 Å². The van der Waals surface area contributed by atoms with Crippen molar-refractivity contribution in [2.45, 2.75) is 25.6 Å². The van der Waals surface area contributed by atoms with Crippen molar-refractivity contribution in [3.63, 3.8) is 0 Å². The summed E-state index contributed by atoms with van der Waals surface area (Å²) in [4.78, 5) is 10.9. The van der Waals surface area contributed by atoms with Crippen molar-refractivity contribution in [3.05, 3.63) is 41.4 Å². The highest BCUT2D eigenvalue weighted by Gasteiger charge is 2.32. The van der Waals surface area contributed by atoms with Crippen LogP contribution in [0.5, 0.6) is 0 Å². The van der Waals surface area contributed by atoms with Gasteiger partial charge in [-0.15, -0.1) is 16.7 Å². The summed E-state index contributed by atoms with van der Waals surface area (Å²) in [5.41, 5.74) is 0.152. The Morgan fingerprint density at radius 1 is 1.04 bits per heavy atom. The third-order valence-corrected chi connectivity index (χ3v) is 6.17. The monoisotopic (exact) mass is 355 g/mol. The van der Waals surface area contributed by atoms with E-state index in [0.717, 1.165) is 0 Å². The van der Waals surface area contributed by atoms with Gasteiger partial charge in [0.2, 0.25) is 5.82 Å². The van der Waals surface area contributed by atoms with Crippen LogP contribution < -0.4 is 4.90 Å². The molecule has 0 aliphatic carbocycles. The van der Waals surface area contributed by atoms with Gasteiger partial charge in [0.15, 0.2) is 23.3 Å². The maximum Gasteiger partial charge on any atom is 0.404 e. The van der Waals surface area contributed by atoms with Crippen LogP contribution in [0.25, 0.3) is 0 Å². The second-order valence-corrected chi connectivity index (χ2v) is 10.5. The fourth-order valence-corrected chi connectivity index (χ4v) is 3.19. The van der Waals surface area contributed by atoms with E-state index in [4.69, 9.17) is 0 Å². The SMILES string of the molecule is C=C[Si](C)(C)CCCN(C(=O)F)c1c(F)c(F)c(F)c(F)c1F. The Morgan fingerprint density at radius 2 is 1.48 bits per heavy atom. The molecule has 0 saturated heterocycles. The van der Waals surface area contributed by atoms with Crippen molar-refractivity contribution in [2.75, 3.05) is 11.4 Å². The van der Waals surface area contributed by atoms with E-state index in [1.165, 1.54) is 0 Å². The lowest BCUT2D eigenvalue weighted by molar-refractivity contribution is 0.227. The van der Waals surface area contributed by atoms with Crippen molar-refractivity contribution in [3.8, 4) is 0 Å². The van der Waals surface area contributed by atoms with Gasteiger partial charge in [0.05, 0.1) is 8.07 Å². The summed E-state index contributed by atoms with van der Waals surface area (Å²) in [6.45, 7) is 6.95. The molecule has 128 valence electrons. The largest absolute Gasteiger partial charge is 0.404 e. The molecule has 0 aliphatic heterocycles. The Morgan fingerprint density at radius 3 is 1.87 bits per heavy atom. The summed E-state index contributed by atoms with van der Waals surface area (Å²) < 4.78 is 79.7. The number of rotatable bonds is 6. The van der Waals surface area contributed by atoms with Gasteiger partial charge >= 0.3 is 6.16 Å². The zero-order chi connectivity index (χ0) is 17.9. The third kappa shape index (κ3) is 4.15. The van der Waals surface area contributed by atoms with E-state index in [1.54, 1.807) is 5.70 Å². The van der Waals surface area contributed by atoms with Gasteiger partial charge in [-0.2, -0.15) is 0 Å². The van der Waals surface area contributed by atoms with E-state index in [1.807, 2.05) is 13.1 Å². The predicted molar refractivity (Wildman–Crippen MR) is 77.2 cm³/mol. The highest BCUT2D eigenvalue weighted by Crippen LogP contribution is 2.31. The highest BCUT2D eigenvalue weighted by atomic mass is 28.3. The number of anilines is 1. The van der Waals surface area contributed by atoms with Crippen LogP contribution in [-0.4, -0.2) is 20.8 Å². The molecule has 9 heteroatoms. The van der Waals surface area contributed by atoms with E-state index in [0.29, 0.717) is 6.04 Å². The molecule has 2 nitrogen and oxygen atoms in total. The first kappa shape index (κ1) is 19.3. The topological polar surface area (TPSA) is 20.3 Å². The normalized spacial score (nSPS) is 11.5. The van der Waals surface area contributed by atoms with E-state index in [2.05, 4.69) is 6.58 Å². The molecule has 0 saturated carbocycles. The molecular weight excluding hydrogens is 340 g/mol. The lowest BCUT2D eigenvalue weighted by atomic mass is 10.2. The molecule has 0 unspecified atom stereocenters. The number of carbonyl (C=O) groups excluding carboxylic acids is 1.